The minimum absolute atomic E-state index is 0.00365. The standard InChI is InChI=1S/C23H28N2O4S/c1-4-6-10-21(26)24-19-8-7-9-20(15-19)30-16(3)22(27)25-18-13-11-17(12-14-18)23(28)29-5-2/h7-9,11-16H,4-6,10H2,1-3H3,(H,24,26)(H,25,27). The second kappa shape index (κ2) is 12.0. The SMILES string of the molecule is CCCCC(=O)Nc1cccc(SC(C)C(=O)Nc2ccc(C(=O)OCC)cc2)c1. The van der Waals surface area contributed by atoms with Gasteiger partial charge in [-0.3, -0.25) is 9.59 Å². The maximum Gasteiger partial charge on any atom is 0.338 e. The van der Waals surface area contributed by atoms with Crippen molar-refractivity contribution < 1.29 is 19.1 Å². The van der Waals surface area contributed by atoms with Crippen molar-refractivity contribution in [3.8, 4) is 0 Å². The Bertz CT molecular complexity index is 868. The third kappa shape index (κ3) is 7.55. The summed E-state index contributed by atoms with van der Waals surface area (Å²) in [7, 11) is 0. The van der Waals surface area contributed by atoms with Crippen LogP contribution in [0.5, 0.6) is 0 Å². The summed E-state index contributed by atoms with van der Waals surface area (Å²) < 4.78 is 4.95. The average molecular weight is 429 g/mol. The highest BCUT2D eigenvalue weighted by molar-refractivity contribution is 8.00. The summed E-state index contributed by atoms with van der Waals surface area (Å²) in [6.07, 6.45) is 2.33. The summed E-state index contributed by atoms with van der Waals surface area (Å²) in [5.41, 5.74) is 1.77. The number of rotatable bonds is 10. The van der Waals surface area contributed by atoms with E-state index in [0.717, 1.165) is 23.4 Å². The van der Waals surface area contributed by atoms with Crippen LogP contribution in [0.15, 0.2) is 53.4 Å². The van der Waals surface area contributed by atoms with Crippen LogP contribution in [0.4, 0.5) is 11.4 Å². The van der Waals surface area contributed by atoms with Crippen LogP contribution in [0.2, 0.25) is 0 Å². The van der Waals surface area contributed by atoms with E-state index in [0.29, 0.717) is 24.3 Å². The molecule has 1 unspecified atom stereocenters. The highest BCUT2D eigenvalue weighted by Crippen LogP contribution is 2.27. The topological polar surface area (TPSA) is 84.5 Å². The lowest BCUT2D eigenvalue weighted by Crippen LogP contribution is -2.22. The molecule has 2 aromatic carbocycles. The Hall–Kier alpha value is -2.80. The second-order valence-electron chi connectivity index (χ2n) is 6.73. The van der Waals surface area contributed by atoms with Gasteiger partial charge in [-0.25, -0.2) is 4.79 Å². The number of carbonyl (C=O) groups is 3. The third-order valence-corrected chi connectivity index (χ3v) is 5.31. The first-order chi connectivity index (χ1) is 14.4. The number of anilines is 2. The summed E-state index contributed by atoms with van der Waals surface area (Å²) in [5.74, 6) is -0.543. The van der Waals surface area contributed by atoms with Crippen molar-refractivity contribution in [2.75, 3.05) is 17.2 Å². The molecule has 1 atom stereocenters. The minimum atomic E-state index is -0.388. The van der Waals surface area contributed by atoms with Crippen molar-refractivity contribution in [3.63, 3.8) is 0 Å². The van der Waals surface area contributed by atoms with E-state index in [4.69, 9.17) is 4.74 Å². The van der Waals surface area contributed by atoms with Crippen molar-refractivity contribution in [1.29, 1.82) is 0 Å². The Morgan fingerprint density at radius 2 is 1.73 bits per heavy atom. The van der Waals surface area contributed by atoms with E-state index in [9.17, 15) is 14.4 Å². The molecule has 0 aliphatic heterocycles. The molecule has 0 aliphatic carbocycles. The zero-order valence-electron chi connectivity index (χ0n) is 17.6. The van der Waals surface area contributed by atoms with Gasteiger partial charge in [-0.1, -0.05) is 19.4 Å². The zero-order chi connectivity index (χ0) is 21.9. The van der Waals surface area contributed by atoms with Crippen molar-refractivity contribution in [2.45, 2.75) is 50.2 Å². The molecule has 0 bridgehead atoms. The van der Waals surface area contributed by atoms with Gasteiger partial charge in [0.2, 0.25) is 11.8 Å². The molecular formula is C23H28N2O4S. The lowest BCUT2D eigenvalue weighted by Gasteiger charge is -2.13. The number of nitrogens with one attached hydrogen (secondary N) is 2. The highest BCUT2D eigenvalue weighted by atomic mass is 32.2. The fourth-order valence-electron chi connectivity index (χ4n) is 2.61. The van der Waals surface area contributed by atoms with E-state index in [2.05, 4.69) is 10.6 Å². The third-order valence-electron chi connectivity index (χ3n) is 4.22. The first kappa shape index (κ1) is 23.5. The molecule has 0 aromatic heterocycles. The molecular weight excluding hydrogens is 400 g/mol. The fraction of sp³-hybridized carbons (Fsp3) is 0.348. The first-order valence-corrected chi connectivity index (χ1v) is 11.0. The predicted octanol–water partition coefficient (Wildman–Crippen LogP) is 5.11. The number of thioether (sulfide) groups is 1. The van der Waals surface area contributed by atoms with Gasteiger partial charge >= 0.3 is 5.97 Å². The van der Waals surface area contributed by atoms with Crippen LogP contribution in [0.25, 0.3) is 0 Å². The molecule has 0 fully saturated rings. The minimum Gasteiger partial charge on any atom is -0.462 e. The molecule has 2 aromatic rings. The number of esters is 1. The van der Waals surface area contributed by atoms with Gasteiger partial charge in [0.15, 0.2) is 0 Å². The summed E-state index contributed by atoms with van der Waals surface area (Å²) in [6, 6.07) is 14.1. The van der Waals surface area contributed by atoms with E-state index in [1.807, 2.05) is 38.1 Å². The quantitative estimate of drug-likeness (QED) is 0.406. The second-order valence-corrected chi connectivity index (χ2v) is 8.14. The Kier molecular flexibility index (Phi) is 9.41. The summed E-state index contributed by atoms with van der Waals surface area (Å²) in [6.45, 7) is 5.93. The molecule has 30 heavy (non-hydrogen) atoms. The Balaban J connectivity index is 1.91. The van der Waals surface area contributed by atoms with Crippen LogP contribution >= 0.6 is 11.8 Å². The molecule has 0 heterocycles. The number of ether oxygens (including phenoxy) is 1. The maximum atomic E-state index is 12.5. The number of carbonyl (C=O) groups excluding carboxylic acids is 3. The van der Waals surface area contributed by atoms with Crippen molar-refractivity contribution in [3.05, 3.63) is 54.1 Å². The van der Waals surface area contributed by atoms with Gasteiger partial charge in [0.25, 0.3) is 0 Å². The van der Waals surface area contributed by atoms with Gasteiger partial charge in [-0.2, -0.15) is 0 Å². The molecule has 7 heteroatoms. The Morgan fingerprint density at radius 3 is 2.40 bits per heavy atom. The molecule has 0 radical (unpaired) electrons. The van der Waals surface area contributed by atoms with Gasteiger partial charge in [0.05, 0.1) is 17.4 Å². The first-order valence-electron chi connectivity index (χ1n) is 10.1. The molecule has 2 amide bonds. The van der Waals surface area contributed by atoms with E-state index in [-0.39, 0.29) is 23.0 Å². The van der Waals surface area contributed by atoms with Crippen LogP contribution in [0.3, 0.4) is 0 Å². The number of unbranched alkanes of at least 4 members (excludes halogenated alkanes) is 1. The lowest BCUT2D eigenvalue weighted by atomic mass is 10.2. The molecule has 6 nitrogen and oxygen atoms in total. The van der Waals surface area contributed by atoms with Gasteiger partial charge in [-0.05, 0) is 62.7 Å². The Morgan fingerprint density at radius 1 is 1.00 bits per heavy atom. The zero-order valence-corrected chi connectivity index (χ0v) is 18.4. The Labute approximate surface area is 181 Å². The molecule has 0 saturated heterocycles. The average Bonchev–Trinajstić information content (AvgIpc) is 2.73. The summed E-state index contributed by atoms with van der Waals surface area (Å²) in [5, 5.41) is 5.39. The predicted molar refractivity (Wildman–Crippen MR) is 121 cm³/mol. The highest BCUT2D eigenvalue weighted by Gasteiger charge is 2.15. The van der Waals surface area contributed by atoms with E-state index >= 15 is 0 Å². The lowest BCUT2D eigenvalue weighted by molar-refractivity contribution is -0.116. The number of amides is 2. The number of benzene rings is 2. The van der Waals surface area contributed by atoms with Crippen molar-refractivity contribution in [1.82, 2.24) is 0 Å². The summed E-state index contributed by atoms with van der Waals surface area (Å²) >= 11 is 1.41. The van der Waals surface area contributed by atoms with Gasteiger partial charge < -0.3 is 15.4 Å². The normalized spacial score (nSPS) is 11.4. The molecule has 0 spiro atoms. The fourth-order valence-corrected chi connectivity index (χ4v) is 3.54. The van der Waals surface area contributed by atoms with Crippen LogP contribution in [-0.2, 0) is 14.3 Å². The van der Waals surface area contributed by atoms with Crippen LogP contribution in [0, 0.1) is 0 Å². The smallest absolute Gasteiger partial charge is 0.338 e. The van der Waals surface area contributed by atoms with Gasteiger partial charge in [0, 0.05) is 22.7 Å². The molecule has 2 rings (SSSR count). The maximum absolute atomic E-state index is 12.5. The number of hydrogen-bond acceptors (Lipinski definition) is 5. The largest absolute Gasteiger partial charge is 0.462 e. The summed E-state index contributed by atoms with van der Waals surface area (Å²) in [4.78, 5) is 37.0. The van der Waals surface area contributed by atoms with E-state index in [1.54, 1.807) is 31.2 Å². The van der Waals surface area contributed by atoms with Crippen molar-refractivity contribution >= 4 is 40.9 Å². The van der Waals surface area contributed by atoms with Gasteiger partial charge in [-0.15, -0.1) is 11.8 Å². The molecule has 0 aliphatic rings. The molecule has 160 valence electrons. The molecule has 2 N–H and O–H groups in total. The van der Waals surface area contributed by atoms with E-state index in [1.165, 1.54) is 11.8 Å². The van der Waals surface area contributed by atoms with Crippen LogP contribution in [0.1, 0.15) is 50.4 Å². The monoisotopic (exact) mass is 428 g/mol. The van der Waals surface area contributed by atoms with E-state index < -0.39 is 0 Å². The van der Waals surface area contributed by atoms with Crippen molar-refractivity contribution in [2.24, 2.45) is 0 Å². The molecule has 0 saturated carbocycles. The van der Waals surface area contributed by atoms with Crippen LogP contribution < -0.4 is 10.6 Å². The number of hydrogen-bond donors (Lipinski definition) is 2. The van der Waals surface area contributed by atoms with Gasteiger partial charge in [0.1, 0.15) is 0 Å². The van der Waals surface area contributed by atoms with Crippen LogP contribution in [-0.4, -0.2) is 29.6 Å².